The van der Waals surface area contributed by atoms with Crippen LogP contribution in [0, 0.1) is 5.92 Å². The van der Waals surface area contributed by atoms with Crippen molar-refractivity contribution in [3.63, 3.8) is 0 Å². The molecule has 2 rings (SSSR count). The van der Waals surface area contributed by atoms with Crippen molar-refractivity contribution in [3.05, 3.63) is 0 Å². The smallest absolute Gasteiger partial charge is 0.0190 e. The van der Waals surface area contributed by atoms with E-state index in [1.54, 1.807) is 0 Å². The monoisotopic (exact) mass is 224 g/mol. The normalized spacial score (nSPS) is 30.8. The summed E-state index contributed by atoms with van der Waals surface area (Å²) < 4.78 is 0. The Hall–Kier alpha value is -0.0800. The average Bonchev–Trinajstić information content (AvgIpc) is 2.74. The molecule has 1 unspecified atom stereocenters. The highest BCUT2D eigenvalue weighted by atomic mass is 15.1. The predicted molar refractivity (Wildman–Crippen MR) is 69.7 cm³/mol. The minimum atomic E-state index is 0.476. The van der Waals surface area contributed by atoms with Gasteiger partial charge in [-0.25, -0.2) is 0 Å². The van der Waals surface area contributed by atoms with Gasteiger partial charge in [-0.05, 0) is 51.7 Å². The number of likely N-dealkylation sites (tertiary alicyclic amines) is 1. The SMILES string of the molecule is CNC1(CCN2CCC(C)C2)CCCCC1. The van der Waals surface area contributed by atoms with Gasteiger partial charge >= 0.3 is 0 Å². The fourth-order valence-corrected chi connectivity index (χ4v) is 3.46. The molecular formula is C14H28N2. The van der Waals surface area contributed by atoms with Crippen molar-refractivity contribution in [1.29, 1.82) is 0 Å². The summed E-state index contributed by atoms with van der Waals surface area (Å²) in [6.45, 7) is 6.36. The molecule has 16 heavy (non-hydrogen) atoms. The molecule has 0 spiro atoms. The Bertz CT molecular complexity index is 209. The third-order valence-electron chi connectivity index (χ3n) is 4.76. The van der Waals surface area contributed by atoms with E-state index in [0.717, 1.165) is 5.92 Å². The Morgan fingerprint density at radius 3 is 2.56 bits per heavy atom. The predicted octanol–water partition coefficient (Wildman–Crippen LogP) is 2.64. The van der Waals surface area contributed by atoms with Gasteiger partial charge in [-0.1, -0.05) is 26.2 Å². The molecule has 1 heterocycles. The van der Waals surface area contributed by atoms with E-state index in [4.69, 9.17) is 0 Å². The molecule has 1 aliphatic carbocycles. The summed E-state index contributed by atoms with van der Waals surface area (Å²) in [5, 5.41) is 3.63. The first-order valence-electron chi connectivity index (χ1n) is 7.15. The second kappa shape index (κ2) is 5.50. The van der Waals surface area contributed by atoms with Crippen LogP contribution in [0.1, 0.15) is 51.9 Å². The van der Waals surface area contributed by atoms with E-state index in [-0.39, 0.29) is 0 Å². The highest BCUT2D eigenvalue weighted by Gasteiger charge is 2.31. The van der Waals surface area contributed by atoms with Crippen LogP contribution in [0.15, 0.2) is 0 Å². The summed E-state index contributed by atoms with van der Waals surface area (Å²) in [5.74, 6) is 0.928. The van der Waals surface area contributed by atoms with E-state index in [1.807, 2.05) is 0 Å². The number of nitrogens with zero attached hydrogens (tertiary/aromatic N) is 1. The molecule has 0 bridgehead atoms. The van der Waals surface area contributed by atoms with Crippen LogP contribution in [-0.4, -0.2) is 37.1 Å². The van der Waals surface area contributed by atoms with Gasteiger partial charge in [0.25, 0.3) is 0 Å². The molecule has 2 heteroatoms. The van der Waals surface area contributed by atoms with Crippen molar-refractivity contribution in [3.8, 4) is 0 Å². The van der Waals surface area contributed by atoms with Crippen LogP contribution in [0.25, 0.3) is 0 Å². The number of hydrogen-bond donors (Lipinski definition) is 1. The Labute approximate surface area is 101 Å². The lowest BCUT2D eigenvalue weighted by Gasteiger charge is -2.38. The second-order valence-corrected chi connectivity index (χ2v) is 6.04. The van der Waals surface area contributed by atoms with Gasteiger partial charge in [0.2, 0.25) is 0 Å². The highest BCUT2D eigenvalue weighted by Crippen LogP contribution is 2.31. The molecule has 0 aromatic rings. The molecular weight excluding hydrogens is 196 g/mol. The first kappa shape index (κ1) is 12.4. The number of nitrogens with one attached hydrogen (secondary N) is 1. The zero-order valence-corrected chi connectivity index (χ0v) is 11.1. The lowest BCUT2D eigenvalue weighted by molar-refractivity contribution is 0.195. The van der Waals surface area contributed by atoms with Gasteiger partial charge in [-0.15, -0.1) is 0 Å². The summed E-state index contributed by atoms with van der Waals surface area (Å²) in [4.78, 5) is 2.67. The van der Waals surface area contributed by atoms with Crippen LogP contribution in [-0.2, 0) is 0 Å². The molecule has 0 amide bonds. The van der Waals surface area contributed by atoms with Crippen molar-refractivity contribution < 1.29 is 0 Å². The van der Waals surface area contributed by atoms with Crippen molar-refractivity contribution in [2.45, 2.75) is 57.4 Å². The third-order valence-corrected chi connectivity index (χ3v) is 4.76. The zero-order valence-electron chi connectivity index (χ0n) is 11.1. The van der Waals surface area contributed by atoms with Crippen molar-refractivity contribution in [2.24, 2.45) is 5.92 Å². The Morgan fingerprint density at radius 1 is 1.25 bits per heavy atom. The van der Waals surface area contributed by atoms with Crippen LogP contribution < -0.4 is 5.32 Å². The number of hydrogen-bond acceptors (Lipinski definition) is 2. The molecule has 1 saturated carbocycles. The average molecular weight is 224 g/mol. The standard InChI is InChI=1S/C14H28N2/c1-13-6-10-16(12-13)11-9-14(15-2)7-4-3-5-8-14/h13,15H,3-12H2,1-2H3. The van der Waals surface area contributed by atoms with Crippen LogP contribution in [0.2, 0.25) is 0 Å². The van der Waals surface area contributed by atoms with Gasteiger partial charge in [-0.2, -0.15) is 0 Å². The molecule has 2 nitrogen and oxygen atoms in total. The van der Waals surface area contributed by atoms with E-state index in [9.17, 15) is 0 Å². The van der Waals surface area contributed by atoms with Gasteiger partial charge in [-0.3, -0.25) is 0 Å². The summed E-state index contributed by atoms with van der Waals surface area (Å²) >= 11 is 0. The Morgan fingerprint density at radius 2 is 2.00 bits per heavy atom. The van der Waals surface area contributed by atoms with E-state index in [1.165, 1.54) is 64.6 Å². The van der Waals surface area contributed by atoms with Gasteiger partial charge in [0.1, 0.15) is 0 Å². The molecule has 0 aromatic carbocycles. The van der Waals surface area contributed by atoms with Crippen molar-refractivity contribution >= 4 is 0 Å². The topological polar surface area (TPSA) is 15.3 Å². The fourth-order valence-electron chi connectivity index (χ4n) is 3.46. The van der Waals surface area contributed by atoms with Crippen LogP contribution >= 0.6 is 0 Å². The van der Waals surface area contributed by atoms with E-state index >= 15 is 0 Å². The minimum Gasteiger partial charge on any atom is -0.314 e. The molecule has 2 fully saturated rings. The zero-order chi connectivity index (χ0) is 11.4. The lowest BCUT2D eigenvalue weighted by Crippen LogP contribution is -2.46. The number of rotatable bonds is 4. The van der Waals surface area contributed by atoms with E-state index in [0.29, 0.717) is 5.54 Å². The van der Waals surface area contributed by atoms with Crippen molar-refractivity contribution in [2.75, 3.05) is 26.7 Å². The molecule has 1 saturated heterocycles. The molecule has 1 atom stereocenters. The highest BCUT2D eigenvalue weighted by molar-refractivity contribution is 4.90. The summed E-state index contributed by atoms with van der Waals surface area (Å²) in [7, 11) is 2.16. The van der Waals surface area contributed by atoms with E-state index in [2.05, 4.69) is 24.2 Å². The quantitative estimate of drug-likeness (QED) is 0.790. The van der Waals surface area contributed by atoms with Gasteiger partial charge < -0.3 is 10.2 Å². The van der Waals surface area contributed by atoms with Gasteiger partial charge in [0.05, 0.1) is 0 Å². The third kappa shape index (κ3) is 2.98. The lowest BCUT2D eigenvalue weighted by atomic mass is 9.79. The molecule has 94 valence electrons. The summed E-state index contributed by atoms with van der Waals surface area (Å²) in [5.41, 5.74) is 0.476. The molecule has 0 radical (unpaired) electrons. The van der Waals surface area contributed by atoms with Crippen LogP contribution in [0.4, 0.5) is 0 Å². The molecule has 2 aliphatic rings. The maximum Gasteiger partial charge on any atom is 0.0190 e. The largest absolute Gasteiger partial charge is 0.314 e. The first-order valence-corrected chi connectivity index (χ1v) is 7.15. The maximum atomic E-state index is 3.63. The molecule has 0 aromatic heterocycles. The first-order chi connectivity index (χ1) is 7.74. The minimum absolute atomic E-state index is 0.476. The second-order valence-electron chi connectivity index (χ2n) is 6.04. The Balaban J connectivity index is 1.78. The summed E-state index contributed by atoms with van der Waals surface area (Å²) in [6.07, 6.45) is 9.86. The van der Waals surface area contributed by atoms with Gasteiger partial charge in [0.15, 0.2) is 0 Å². The van der Waals surface area contributed by atoms with Crippen LogP contribution in [0.5, 0.6) is 0 Å². The fraction of sp³-hybridized carbons (Fsp3) is 1.00. The van der Waals surface area contributed by atoms with Gasteiger partial charge in [0, 0.05) is 12.1 Å². The summed E-state index contributed by atoms with van der Waals surface area (Å²) in [6, 6.07) is 0. The Kier molecular flexibility index (Phi) is 4.26. The van der Waals surface area contributed by atoms with E-state index < -0.39 is 0 Å². The van der Waals surface area contributed by atoms with Crippen LogP contribution in [0.3, 0.4) is 0 Å². The molecule has 1 aliphatic heterocycles. The van der Waals surface area contributed by atoms with Crippen molar-refractivity contribution in [1.82, 2.24) is 10.2 Å². The molecule has 1 N–H and O–H groups in total. The maximum absolute atomic E-state index is 3.63.